The molecule has 1 heterocycles. The van der Waals surface area contributed by atoms with Crippen molar-refractivity contribution in [2.45, 2.75) is 77.2 Å². The molecule has 4 nitrogen and oxygen atoms in total. The number of carbonyl (C=O) groups excluding carboxylic acids is 2. The Bertz CT molecular complexity index is 635. The van der Waals surface area contributed by atoms with Crippen molar-refractivity contribution in [3.05, 3.63) is 29.8 Å². The van der Waals surface area contributed by atoms with E-state index in [4.69, 9.17) is 0 Å². The van der Waals surface area contributed by atoms with Gasteiger partial charge in [-0.2, -0.15) is 0 Å². The van der Waals surface area contributed by atoms with Crippen LogP contribution in [0.5, 0.6) is 0 Å². The third-order valence-corrected chi connectivity index (χ3v) is 6.07. The van der Waals surface area contributed by atoms with Gasteiger partial charge >= 0.3 is 0 Å². The van der Waals surface area contributed by atoms with E-state index in [0.717, 1.165) is 24.9 Å². The zero-order valence-electron chi connectivity index (χ0n) is 16.2. The van der Waals surface area contributed by atoms with Gasteiger partial charge in [-0.05, 0) is 36.8 Å². The first-order chi connectivity index (χ1) is 12.6. The fraction of sp³-hybridized carbons (Fsp3) is 0.636. The quantitative estimate of drug-likeness (QED) is 0.795. The van der Waals surface area contributed by atoms with E-state index in [0.29, 0.717) is 24.9 Å². The molecule has 0 radical (unpaired) electrons. The molecule has 142 valence electrons. The van der Waals surface area contributed by atoms with Crippen LogP contribution in [-0.4, -0.2) is 24.4 Å². The lowest BCUT2D eigenvalue weighted by Gasteiger charge is -2.23. The molecule has 3 rings (SSSR count). The van der Waals surface area contributed by atoms with E-state index in [-0.39, 0.29) is 17.7 Å². The van der Waals surface area contributed by atoms with Gasteiger partial charge < -0.3 is 10.2 Å². The summed E-state index contributed by atoms with van der Waals surface area (Å²) in [6, 6.07) is 8.43. The second-order valence-electron chi connectivity index (χ2n) is 7.97. The van der Waals surface area contributed by atoms with Crippen LogP contribution in [0.2, 0.25) is 0 Å². The molecule has 1 saturated heterocycles. The van der Waals surface area contributed by atoms with Gasteiger partial charge in [0.15, 0.2) is 0 Å². The molecule has 2 fully saturated rings. The average Bonchev–Trinajstić information content (AvgIpc) is 2.87. The summed E-state index contributed by atoms with van der Waals surface area (Å²) >= 11 is 0. The van der Waals surface area contributed by atoms with Crippen LogP contribution >= 0.6 is 0 Å². The molecule has 2 atom stereocenters. The summed E-state index contributed by atoms with van der Waals surface area (Å²) in [5.41, 5.74) is 2.18. The number of rotatable bonds is 5. The predicted molar refractivity (Wildman–Crippen MR) is 105 cm³/mol. The highest BCUT2D eigenvalue weighted by atomic mass is 16.2. The average molecular weight is 357 g/mol. The van der Waals surface area contributed by atoms with Crippen LogP contribution < -0.4 is 10.2 Å². The summed E-state index contributed by atoms with van der Waals surface area (Å²) in [4.78, 5) is 27.2. The molecule has 0 bridgehead atoms. The first-order valence-electron chi connectivity index (χ1n) is 10.3. The van der Waals surface area contributed by atoms with Crippen LogP contribution in [0.25, 0.3) is 0 Å². The first-order valence-corrected chi connectivity index (χ1v) is 10.3. The SMILES string of the molecule is CC[C@H](C)c1ccccc1N1C[C@@H](C(=O)NC2CCCCCC2)CC1=O. The van der Waals surface area contributed by atoms with Crippen LogP contribution in [0.4, 0.5) is 5.69 Å². The van der Waals surface area contributed by atoms with Crippen molar-refractivity contribution in [1.82, 2.24) is 5.32 Å². The minimum atomic E-state index is -0.226. The molecule has 1 aliphatic carbocycles. The molecule has 2 aliphatic rings. The predicted octanol–water partition coefficient (Wildman–Crippen LogP) is 4.39. The molecular formula is C22H32N2O2. The Morgan fingerprint density at radius 3 is 2.58 bits per heavy atom. The van der Waals surface area contributed by atoms with E-state index < -0.39 is 0 Å². The third kappa shape index (κ3) is 4.28. The highest BCUT2D eigenvalue weighted by Gasteiger charge is 2.36. The molecule has 1 aromatic carbocycles. The van der Waals surface area contributed by atoms with Crippen molar-refractivity contribution in [3.63, 3.8) is 0 Å². The van der Waals surface area contributed by atoms with Crippen LogP contribution in [0.3, 0.4) is 0 Å². The van der Waals surface area contributed by atoms with Gasteiger partial charge in [0.1, 0.15) is 0 Å². The highest BCUT2D eigenvalue weighted by Crippen LogP contribution is 2.33. The van der Waals surface area contributed by atoms with E-state index >= 15 is 0 Å². The molecule has 0 spiro atoms. The molecule has 1 aromatic rings. The van der Waals surface area contributed by atoms with Crippen molar-refractivity contribution in [2.24, 2.45) is 5.92 Å². The van der Waals surface area contributed by atoms with E-state index in [9.17, 15) is 9.59 Å². The van der Waals surface area contributed by atoms with Gasteiger partial charge in [0.2, 0.25) is 11.8 Å². The number of carbonyl (C=O) groups is 2. The topological polar surface area (TPSA) is 49.4 Å². The van der Waals surface area contributed by atoms with E-state index in [1.807, 2.05) is 23.1 Å². The van der Waals surface area contributed by atoms with Gasteiger partial charge in [-0.15, -0.1) is 0 Å². The second kappa shape index (κ2) is 8.70. The summed E-state index contributed by atoms with van der Waals surface area (Å²) in [6.45, 7) is 4.86. The van der Waals surface area contributed by atoms with Crippen LogP contribution in [0.1, 0.15) is 76.7 Å². The lowest BCUT2D eigenvalue weighted by Crippen LogP contribution is -2.39. The summed E-state index contributed by atoms with van der Waals surface area (Å²) in [5.74, 6) is 0.309. The summed E-state index contributed by atoms with van der Waals surface area (Å²) in [6.07, 6.45) is 8.45. The number of anilines is 1. The molecule has 1 N–H and O–H groups in total. The van der Waals surface area contributed by atoms with Gasteiger partial charge in [-0.1, -0.05) is 57.7 Å². The number of amides is 2. The lowest BCUT2D eigenvalue weighted by atomic mass is 9.96. The van der Waals surface area contributed by atoms with Crippen molar-refractivity contribution in [1.29, 1.82) is 0 Å². The van der Waals surface area contributed by atoms with Crippen LogP contribution in [-0.2, 0) is 9.59 Å². The molecular weight excluding hydrogens is 324 g/mol. The van der Waals surface area contributed by atoms with E-state index in [1.54, 1.807) is 0 Å². The van der Waals surface area contributed by atoms with Gasteiger partial charge in [-0.3, -0.25) is 9.59 Å². The smallest absolute Gasteiger partial charge is 0.227 e. The lowest BCUT2D eigenvalue weighted by molar-refractivity contribution is -0.127. The zero-order chi connectivity index (χ0) is 18.5. The van der Waals surface area contributed by atoms with Gasteiger partial charge in [0.25, 0.3) is 0 Å². The maximum atomic E-state index is 12.7. The molecule has 0 unspecified atom stereocenters. The fourth-order valence-corrected chi connectivity index (χ4v) is 4.23. The normalized spacial score (nSPS) is 22.9. The Kier molecular flexibility index (Phi) is 6.33. The Balaban J connectivity index is 1.68. The van der Waals surface area contributed by atoms with E-state index in [2.05, 4.69) is 25.2 Å². The molecule has 0 aromatic heterocycles. The zero-order valence-corrected chi connectivity index (χ0v) is 16.2. The van der Waals surface area contributed by atoms with Gasteiger partial charge in [0.05, 0.1) is 5.92 Å². The molecule has 2 amide bonds. The van der Waals surface area contributed by atoms with Gasteiger partial charge in [0, 0.05) is 24.7 Å². The monoisotopic (exact) mass is 356 g/mol. The summed E-state index contributed by atoms with van der Waals surface area (Å²) < 4.78 is 0. The number of nitrogens with zero attached hydrogens (tertiary/aromatic N) is 1. The Hall–Kier alpha value is -1.84. The van der Waals surface area contributed by atoms with Crippen molar-refractivity contribution >= 4 is 17.5 Å². The Morgan fingerprint density at radius 2 is 1.88 bits per heavy atom. The van der Waals surface area contributed by atoms with Gasteiger partial charge in [-0.25, -0.2) is 0 Å². The Labute approximate surface area is 157 Å². The first kappa shape index (κ1) is 18.9. The maximum Gasteiger partial charge on any atom is 0.227 e. The van der Waals surface area contributed by atoms with Crippen LogP contribution in [0.15, 0.2) is 24.3 Å². The number of hydrogen-bond acceptors (Lipinski definition) is 2. The van der Waals surface area contributed by atoms with Crippen molar-refractivity contribution in [2.75, 3.05) is 11.4 Å². The summed E-state index contributed by atoms with van der Waals surface area (Å²) in [7, 11) is 0. The molecule has 1 saturated carbocycles. The maximum absolute atomic E-state index is 12.7. The van der Waals surface area contributed by atoms with Crippen LogP contribution in [0, 0.1) is 5.92 Å². The standard InChI is InChI=1S/C22H32N2O2/c1-3-16(2)19-12-8-9-13-20(19)24-15-17(14-21(24)25)22(26)23-18-10-6-4-5-7-11-18/h8-9,12-13,16-18H,3-7,10-11,14-15H2,1-2H3,(H,23,26)/t16-,17-/m0/s1. The van der Waals surface area contributed by atoms with Crippen molar-refractivity contribution in [3.8, 4) is 0 Å². The Morgan fingerprint density at radius 1 is 1.19 bits per heavy atom. The fourth-order valence-electron chi connectivity index (χ4n) is 4.23. The highest BCUT2D eigenvalue weighted by molar-refractivity contribution is 6.00. The minimum Gasteiger partial charge on any atom is -0.353 e. The number of nitrogens with one attached hydrogen (secondary N) is 1. The minimum absolute atomic E-state index is 0.0637. The number of hydrogen-bond donors (Lipinski definition) is 1. The molecule has 1 aliphatic heterocycles. The third-order valence-electron chi connectivity index (χ3n) is 6.07. The summed E-state index contributed by atoms with van der Waals surface area (Å²) in [5, 5.41) is 3.22. The number of benzene rings is 1. The molecule has 4 heteroatoms. The number of para-hydroxylation sites is 1. The van der Waals surface area contributed by atoms with E-state index in [1.165, 1.54) is 31.2 Å². The van der Waals surface area contributed by atoms with Crippen molar-refractivity contribution < 1.29 is 9.59 Å². The largest absolute Gasteiger partial charge is 0.353 e. The second-order valence-corrected chi connectivity index (χ2v) is 7.97. The molecule has 26 heavy (non-hydrogen) atoms.